The first-order chi connectivity index (χ1) is 3.93. The highest BCUT2D eigenvalue weighted by Crippen LogP contribution is 2.24. The molecule has 0 saturated heterocycles. The van der Waals surface area contributed by atoms with E-state index >= 15 is 0 Å². The van der Waals surface area contributed by atoms with Crippen molar-refractivity contribution in [3.05, 3.63) is 0 Å². The van der Waals surface area contributed by atoms with Gasteiger partial charge < -0.3 is 0 Å². The first-order valence-electron chi connectivity index (χ1n) is 3.29. The minimum absolute atomic E-state index is 0.781. The van der Waals surface area contributed by atoms with Crippen LogP contribution in [0.1, 0.15) is 32.1 Å². The Balaban J connectivity index is 2.13. The van der Waals surface area contributed by atoms with Crippen molar-refractivity contribution in [1.82, 2.24) is 0 Å². The summed E-state index contributed by atoms with van der Waals surface area (Å²) in [5.74, 6) is 0. The Bertz CT molecular complexity index is 59.5. The molecule has 1 fully saturated rings. The molecule has 0 atom stereocenters. The largest absolute Gasteiger partial charge is 0.278 e. The molecule has 2 N–H and O–H groups in total. The molecule has 1 rings (SSSR count). The summed E-state index contributed by atoms with van der Waals surface area (Å²) < 4.78 is 0. The summed E-state index contributed by atoms with van der Waals surface area (Å²) in [7, 11) is 0. The van der Waals surface area contributed by atoms with Gasteiger partial charge in [-0.05, 0) is 12.8 Å². The molecule has 2 heteroatoms. The molecule has 8 heavy (non-hydrogen) atoms. The minimum Gasteiger partial charge on any atom is -0.278 e. The minimum atomic E-state index is 0.781. The SMILES string of the molecule is NSC1CCCCC1. The molecule has 0 amide bonds. The Morgan fingerprint density at radius 3 is 2.12 bits per heavy atom. The number of rotatable bonds is 1. The average molecular weight is 131 g/mol. The summed E-state index contributed by atoms with van der Waals surface area (Å²) in [4.78, 5) is 0. The zero-order chi connectivity index (χ0) is 5.82. The molecular weight excluding hydrogens is 118 g/mol. The van der Waals surface area contributed by atoms with E-state index in [9.17, 15) is 0 Å². The van der Waals surface area contributed by atoms with Crippen molar-refractivity contribution >= 4 is 11.9 Å². The third kappa shape index (κ3) is 1.67. The van der Waals surface area contributed by atoms with Crippen LogP contribution in [0.3, 0.4) is 0 Å². The van der Waals surface area contributed by atoms with E-state index in [-0.39, 0.29) is 0 Å². The van der Waals surface area contributed by atoms with Crippen molar-refractivity contribution in [3.8, 4) is 0 Å². The Kier molecular flexibility index (Phi) is 2.70. The van der Waals surface area contributed by atoms with Gasteiger partial charge in [-0.1, -0.05) is 31.2 Å². The van der Waals surface area contributed by atoms with E-state index in [1.54, 1.807) is 11.9 Å². The second-order valence-corrected chi connectivity index (χ2v) is 3.33. The van der Waals surface area contributed by atoms with Gasteiger partial charge in [-0.2, -0.15) is 0 Å². The van der Waals surface area contributed by atoms with Gasteiger partial charge in [0.05, 0.1) is 0 Å². The number of nitrogens with two attached hydrogens (primary N) is 1. The molecule has 1 aliphatic rings. The zero-order valence-corrected chi connectivity index (χ0v) is 5.91. The summed E-state index contributed by atoms with van der Waals surface area (Å²) in [5.41, 5.74) is 0. The Labute approximate surface area is 55.2 Å². The van der Waals surface area contributed by atoms with Gasteiger partial charge in [-0.3, -0.25) is 5.14 Å². The fourth-order valence-corrected chi connectivity index (χ4v) is 1.81. The Morgan fingerprint density at radius 2 is 1.75 bits per heavy atom. The molecule has 0 aromatic carbocycles. The molecule has 0 aromatic heterocycles. The average Bonchev–Trinajstić information content (AvgIpc) is 1.90. The molecule has 1 nitrogen and oxygen atoms in total. The summed E-state index contributed by atoms with van der Waals surface area (Å²) in [6, 6.07) is 0. The monoisotopic (exact) mass is 131 g/mol. The second-order valence-electron chi connectivity index (χ2n) is 2.40. The third-order valence-corrected chi connectivity index (χ3v) is 2.60. The number of hydrogen-bond acceptors (Lipinski definition) is 2. The molecule has 0 unspecified atom stereocenters. The molecule has 0 aliphatic heterocycles. The van der Waals surface area contributed by atoms with Gasteiger partial charge in [0, 0.05) is 5.25 Å². The van der Waals surface area contributed by atoms with Crippen LogP contribution in [0.25, 0.3) is 0 Å². The van der Waals surface area contributed by atoms with Gasteiger partial charge in [0.15, 0.2) is 0 Å². The van der Waals surface area contributed by atoms with Crippen molar-refractivity contribution in [2.75, 3.05) is 0 Å². The molecule has 0 aromatic rings. The van der Waals surface area contributed by atoms with E-state index in [4.69, 9.17) is 5.14 Å². The normalized spacial score (nSPS) is 23.6. The van der Waals surface area contributed by atoms with Gasteiger partial charge in [-0.25, -0.2) is 0 Å². The molecule has 1 aliphatic carbocycles. The summed E-state index contributed by atoms with van der Waals surface area (Å²) in [5, 5.41) is 6.20. The predicted molar refractivity (Wildman–Crippen MR) is 38.7 cm³/mol. The molecule has 0 bridgehead atoms. The van der Waals surface area contributed by atoms with Crippen molar-refractivity contribution in [1.29, 1.82) is 0 Å². The lowest BCUT2D eigenvalue weighted by molar-refractivity contribution is 0.516. The summed E-state index contributed by atoms with van der Waals surface area (Å²) >= 11 is 1.55. The lowest BCUT2D eigenvalue weighted by atomic mass is 10.0. The lowest BCUT2D eigenvalue weighted by Crippen LogP contribution is -2.09. The van der Waals surface area contributed by atoms with E-state index in [1.165, 1.54) is 32.1 Å². The van der Waals surface area contributed by atoms with Crippen LogP contribution < -0.4 is 5.14 Å². The van der Waals surface area contributed by atoms with Crippen LogP contribution in [-0.4, -0.2) is 5.25 Å². The Morgan fingerprint density at radius 1 is 1.12 bits per heavy atom. The highest BCUT2D eigenvalue weighted by atomic mass is 32.2. The molecule has 1 saturated carbocycles. The Hall–Kier alpha value is 0.310. The third-order valence-electron chi connectivity index (χ3n) is 1.74. The van der Waals surface area contributed by atoms with Crippen LogP contribution in [-0.2, 0) is 0 Å². The lowest BCUT2D eigenvalue weighted by Gasteiger charge is -2.17. The molecular formula is C6H13NS. The van der Waals surface area contributed by atoms with Gasteiger partial charge in [0.1, 0.15) is 0 Å². The summed E-state index contributed by atoms with van der Waals surface area (Å²) in [6.07, 6.45) is 6.92. The standard InChI is InChI=1S/C6H13NS/c7-8-6-4-2-1-3-5-6/h6H,1-5,7H2. The van der Waals surface area contributed by atoms with E-state index in [2.05, 4.69) is 0 Å². The highest BCUT2D eigenvalue weighted by molar-refractivity contribution is 7.97. The van der Waals surface area contributed by atoms with Crippen LogP contribution >= 0.6 is 11.9 Å². The summed E-state index contributed by atoms with van der Waals surface area (Å²) in [6.45, 7) is 0. The van der Waals surface area contributed by atoms with Gasteiger partial charge in [0.25, 0.3) is 0 Å². The van der Waals surface area contributed by atoms with E-state index in [1.807, 2.05) is 0 Å². The van der Waals surface area contributed by atoms with Gasteiger partial charge in [-0.15, -0.1) is 0 Å². The maximum absolute atomic E-state index is 5.42. The maximum atomic E-state index is 5.42. The predicted octanol–water partition coefficient (Wildman–Crippen LogP) is 1.93. The van der Waals surface area contributed by atoms with Gasteiger partial charge >= 0.3 is 0 Å². The van der Waals surface area contributed by atoms with E-state index in [0.29, 0.717) is 0 Å². The van der Waals surface area contributed by atoms with Crippen molar-refractivity contribution in [3.63, 3.8) is 0 Å². The molecule has 48 valence electrons. The molecule has 0 spiro atoms. The van der Waals surface area contributed by atoms with Crippen molar-refractivity contribution in [2.45, 2.75) is 37.4 Å². The van der Waals surface area contributed by atoms with Crippen molar-refractivity contribution < 1.29 is 0 Å². The smallest absolute Gasteiger partial charge is 0.0190 e. The van der Waals surface area contributed by atoms with Crippen LogP contribution in [0.5, 0.6) is 0 Å². The first kappa shape index (κ1) is 6.43. The van der Waals surface area contributed by atoms with Crippen LogP contribution in [0, 0.1) is 0 Å². The molecule has 0 heterocycles. The van der Waals surface area contributed by atoms with Gasteiger partial charge in [0.2, 0.25) is 0 Å². The maximum Gasteiger partial charge on any atom is 0.0190 e. The fraction of sp³-hybridized carbons (Fsp3) is 1.00. The van der Waals surface area contributed by atoms with E-state index in [0.717, 1.165) is 5.25 Å². The number of hydrogen-bond donors (Lipinski definition) is 1. The van der Waals surface area contributed by atoms with E-state index < -0.39 is 0 Å². The zero-order valence-electron chi connectivity index (χ0n) is 5.10. The van der Waals surface area contributed by atoms with Crippen LogP contribution in [0.4, 0.5) is 0 Å². The fourth-order valence-electron chi connectivity index (χ4n) is 1.20. The molecule has 0 radical (unpaired) electrons. The van der Waals surface area contributed by atoms with Crippen LogP contribution in [0.2, 0.25) is 0 Å². The van der Waals surface area contributed by atoms with Crippen LogP contribution in [0.15, 0.2) is 0 Å². The quantitative estimate of drug-likeness (QED) is 0.550. The topological polar surface area (TPSA) is 26.0 Å². The van der Waals surface area contributed by atoms with Crippen molar-refractivity contribution in [2.24, 2.45) is 5.14 Å². The highest BCUT2D eigenvalue weighted by Gasteiger charge is 2.10. The second kappa shape index (κ2) is 3.36. The first-order valence-corrected chi connectivity index (χ1v) is 4.23.